The maximum Gasteiger partial charge on any atom is 0.241 e. The van der Waals surface area contributed by atoms with Gasteiger partial charge in [-0.1, -0.05) is 23.4 Å². The predicted octanol–water partition coefficient (Wildman–Crippen LogP) is 3.26. The normalized spacial score (nSPS) is 10.8. The van der Waals surface area contributed by atoms with Crippen molar-refractivity contribution in [2.75, 3.05) is 34.4 Å². The van der Waals surface area contributed by atoms with Crippen LogP contribution in [0.1, 0.15) is 5.89 Å². The average Bonchev–Trinajstić information content (AvgIpc) is 3.16. The first-order valence-corrected chi connectivity index (χ1v) is 8.61. The second kappa shape index (κ2) is 9.05. The molecule has 1 aromatic heterocycles. The van der Waals surface area contributed by atoms with Crippen LogP contribution < -0.4 is 14.2 Å². The second-order valence-electron chi connectivity index (χ2n) is 5.98. The molecule has 7 nitrogen and oxygen atoms in total. The molecule has 3 rings (SSSR count). The summed E-state index contributed by atoms with van der Waals surface area (Å²) in [5, 5.41) is 4.07. The summed E-state index contributed by atoms with van der Waals surface area (Å²) in [5.41, 5.74) is 0.753. The molecule has 1 heterocycles. The van der Waals surface area contributed by atoms with E-state index < -0.39 is 0 Å². The minimum atomic E-state index is 0.485. The SMILES string of the molecule is COc1ccc(-c2noc(CN(C)CCOc3ccccc3)n2)c(OC)c1. The third kappa shape index (κ3) is 4.98. The molecule has 0 fully saturated rings. The van der Waals surface area contributed by atoms with Gasteiger partial charge in [0.25, 0.3) is 0 Å². The van der Waals surface area contributed by atoms with Gasteiger partial charge in [-0.2, -0.15) is 4.98 Å². The maximum absolute atomic E-state index is 5.70. The Balaban J connectivity index is 1.57. The lowest BCUT2D eigenvalue weighted by molar-refractivity contribution is 0.213. The zero-order chi connectivity index (χ0) is 19.1. The second-order valence-corrected chi connectivity index (χ2v) is 5.98. The molecule has 0 radical (unpaired) electrons. The fourth-order valence-corrected chi connectivity index (χ4v) is 2.56. The summed E-state index contributed by atoms with van der Waals surface area (Å²) in [4.78, 5) is 6.53. The first kappa shape index (κ1) is 18.7. The lowest BCUT2D eigenvalue weighted by Gasteiger charge is -2.14. The van der Waals surface area contributed by atoms with Crippen molar-refractivity contribution in [2.24, 2.45) is 0 Å². The van der Waals surface area contributed by atoms with Crippen molar-refractivity contribution in [2.45, 2.75) is 6.54 Å². The number of aromatic nitrogens is 2. The molecule has 27 heavy (non-hydrogen) atoms. The summed E-state index contributed by atoms with van der Waals surface area (Å²) in [6.07, 6.45) is 0. The van der Waals surface area contributed by atoms with E-state index in [1.165, 1.54) is 0 Å². The molecule has 0 N–H and O–H groups in total. The number of para-hydroxylation sites is 1. The largest absolute Gasteiger partial charge is 0.497 e. The van der Waals surface area contributed by atoms with Gasteiger partial charge in [0, 0.05) is 12.6 Å². The number of ether oxygens (including phenoxy) is 3. The number of nitrogens with zero attached hydrogens (tertiary/aromatic N) is 3. The summed E-state index contributed by atoms with van der Waals surface area (Å²) < 4.78 is 21.7. The maximum atomic E-state index is 5.70. The minimum Gasteiger partial charge on any atom is -0.497 e. The summed E-state index contributed by atoms with van der Waals surface area (Å²) in [5.74, 6) is 3.21. The zero-order valence-electron chi connectivity index (χ0n) is 15.7. The first-order chi connectivity index (χ1) is 13.2. The number of rotatable bonds is 9. The minimum absolute atomic E-state index is 0.485. The van der Waals surface area contributed by atoms with E-state index in [1.807, 2.05) is 49.5 Å². The predicted molar refractivity (Wildman–Crippen MR) is 101 cm³/mol. The average molecular weight is 369 g/mol. The standard InChI is InChI=1S/C20H23N3O4/c1-23(11-12-26-15-7-5-4-6-8-15)14-19-21-20(22-27-19)17-10-9-16(24-2)13-18(17)25-3/h4-10,13H,11-12,14H2,1-3H3. The summed E-state index contributed by atoms with van der Waals surface area (Å²) in [6.45, 7) is 1.84. The van der Waals surface area contributed by atoms with Gasteiger partial charge in [0.1, 0.15) is 23.9 Å². The van der Waals surface area contributed by atoms with E-state index in [-0.39, 0.29) is 0 Å². The molecule has 0 amide bonds. The van der Waals surface area contributed by atoms with E-state index in [0.29, 0.717) is 36.4 Å². The van der Waals surface area contributed by atoms with Gasteiger partial charge in [-0.25, -0.2) is 0 Å². The van der Waals surface area contributed by atoms with Crippen molar-refractivity contribution in [3.63, 3.8) is 0 Å². The van der Waals surface area contributed by atoms with Gasteiger partial charge >= 0.3 is 0 Å². The highest BCUT2D eigenvalue weighted by molar-refractivity contribution is 5.65. The van der Waals surface area contributed by atoms with Gasteiger partial charge in [-0.05, 0) is 31.3 Å². The van der Waals surface area contributed by atoms with Crippen molar-refractivity contribution >= 4 is 0 Å². The third-order valence-electron chi connectivity index (χ3n) is 4.01. The quantitative estimate of drug-likeness (QED) is 0.573. The molecule has 0 saturated carbocycles. The van der Waals surface area contributed by atoms with Crippen LogP contribution in [-0.2, 0) is 6.54 Å². The monoisotopic (exact) mass is 369 g/mol. The van der Waals surface area contributed by atoms with Gasteiger partial charge in [-0.15, -0.1) is 0 Å². The summed E-state index contributed by atoms with van der Waals surface area (Å²) in [7, 11) is 5.18. The molecule has 0 spiro atoms. The molecular formula is C20H23N3O4. The van der Waals surface area contributed by atoms with Crippen LogP contribution in [0.5, 0.6) is 17.2 Å². The Bertz CT molecular complexity index is 851. The van der Waals surface area contributed by atoms with Crippen molar-refractivity contribution in [3.8, 4) is 28.6 Å². The smallest absolute Gasteiger partial charge is 0.241 e. The lowest BCUT2D eigenvalue weighted by Crippen LogP contribution is -2.24. The molecule has 3 aromatic rings. The molecule has 0 aliphatic rings. The van der Waals surface area contributed by atoms with Crippen LogP contribution in [0.3, 0.4) is 0 Å². The zero-order valence-corrected chi connectivity index (χ0v) is 15.7. The van der Waals surface area contributed by atoms with Crippen LogP contribution in [0.2, 0.25) is 0 Å². The van der Waals surface area contributed by atoms with E-state index in [2.05, 4.69) is 15.0 Å². The molecule has 0 aliphatic carbocycles. The highest BCUT2D eigenvalue weighted by atomic mass is 16.5. The first-order valence-electron chi connectivity index (χ1n) is 8.61. The van der Waals surface area contributed by atoms with Crippen molar-refractivity contribution in [3.05, 3.63) is 54.4 Å². The highest BCUT2D eigenvalue weighted by Gasteiger charge is 2.15. The molecule has 2 aromatic carbocycles. The number of benzene rings is 2. The molecule has 0 aliphatic heterocycles. The molecule has 142 valence electrons. The number of hydrogen-bond donors (Lipinski definition) is 0. The topological polar surface area (TPSA) is 69.9 Å². The molecule has 7 heteroatoms. The van der Waals surface area contributed by atoms with Gasteiger partial charge in [0.15, 0.2) is 0 Å². The fourth-order valence-electron chi connectivity index (χ4n) is 2.56. The lowest BCUT2D eigenvalue weighted by atomic mass is 10.2. The Hall–Kier alpha value is -3.06. The van der Waals surface area contributed by atoms with Crippen molar-refractivity contribution in [1.82, 2.24) is 15.0 Å². The van der Waals surface area contributed by atoms with Gasteiger partial charge in [0.05, 0.1) is 26.3 Å². The molecule has 0 unspecified atom stereocenters. The Morgan fingerprint density at radius 3 is 2.56 bits per heavy atom. The molecule has 0 bridgehead atoms. The summed E-state index contributed by atoms with van der Waals surface area (Å²) in [6, 6.07) is 15.2. The van der Waals surface area contributed by atoms with Crippen LogP contribution in [0.4, 0.5) is 0 Å². The van der Waals surface area contributed by atoms with Crippen molar-refractivity contribution in [1.29, 1.82) is 0 Å². The van der Waals surface area contributed by atoms with Crippen LogP contribution in [0.15, 0.2) is 53.1 Å². The Kier molecular flexibility index (Phi) is 6.27. The number of likely N-dealkylation sites (N-methyl/N-ethyl adjacent to an activating group) is 1. The third-order valence-corrected chi connectivity index (χ3v) is 4.01. The highest BCUT2D eigenvalue weighted by Crippen LogP contribution is 2.31. The number of hydrogen-bond acceptors (Lipinski definition) is 7. The van der Waals surface area contributed by atoms with E-state index in [1.54, 1.807) is 20.3 Å². The summed E-state index contributed by atoms with van der Waals surface area (Å²) >= 11 is 0. The van der Waals surface area contributed by atoms with Crippen LogP contribution >= 0.6 is 0 Å². The molecular weight excluding hydrogens is 346 g/mol. The Morgan fingerprint density at radius 2 is 1.81 bits per heavy atom. The van der Waals surface area contributed by atoms with Crippen molar-refractivity contribution < 1.29 is 18.7 Å². The van der Waals surface area contributed by atoms with Gasteiger partial charge in [0.2, 0.25) is 11.7 Å². The van der Waals surface area contributed by atoms with Crippen LogP contribution in [-0.4, -0.2) is 49.5 Å². The van der Waals surface area contributed by atoms with Crippen LogP contribution in [0.25, 0.3) is 11.4 Å². The van der Waals surface area contributed by atoms with Gasteiger partial charge < -0.3 is 18.7 Å². The van der Waals surface area contributed by atoms with E-state index >= 15 is 0 Å². The van der Waals surface area contributed by atoms with E-state index in [9.17, 15) is 0 Å². The van der Waals surface area contributed by atoms with E-state index in [4.69, 9.17) is 18.7 Å². The Morgan fingerprint density at radius 1 is 1.00 bits per heavy atom. The fraction of sp³-hybridized carbons (Fsp3) is 0.300. The van der Waals surface area contributed by atoms with Crippen LogP contribution in [0, 0.1) is 0 Å². The van der Waals surface area contributed by atoms with Gasteiger partial charge in [-0.3, -0.25) is 4.90 Å². The number of methoxy groups -OCH3 is 2. The molecule has 0 atom stereocenters. The Labute approximate surface area is 158 Å². The molecule has 0 saturated heterocycles. The van der Waals surface area contributed by atoms with E-state index in [0.717, 1.165) is 17.9 Å².